The Kier molecular flexibility index (Phi) is 6.00. The van der Waals surface area contributed by atoms with Gasteiger partial charge in [0.15, 0.2) is 0 Å². The molecule has 0 radical (unpaired) electrons. The first-order valence-electron chi connectivity index (χ1n) is 8.85. The molecule has 4 heteroatoms. The van der Waals surface area contributed by atoms with E-state index < -0.39 is 5.92 Å². The highest BCUT2D eigenvalue weighted by molar-refractivity contribution is 5.88. The van der Waals surface area contributed by atoms with E-state index in [1.54, 1.807) is 6.21 Å². The van der Waals surface area contributed by atoms with Crippen molar-refractivity contribution in [1.29, 1.82) is 0 Å². The van der Waals surface area contributed by atoms with E-state index in [2.05, 4.69) is 10.5 Å². The molecule has 0 aliphatic carbocycles. The largest absolute Gasteiger partial charge is 0.378 e. The number of rotatable bonds is 6. The first-order chi connectivity index (χ1) is 13.1. The Hall–Kier alpha value is -3.40. The highest BCUT2D eigenvalue weighted by atomic mass is 16.2. The molecule has 3 aromatic carbocycles. The highest BCUT2D eigenvalue weighted by Gasteiger charge is 2.22. The van der Waals surface area contributed by atoms with Gasteiger partial charge in [0.25, 0.3) is 5.91 Å². The minimum absolute atomic E-state index is 0.159. The predicted octanol–water partition coefficient (Wildman–Crippen LogP) is 4.03. The Labute approximate surface area is 160 Å². The van der Waals surface area contributed by atoms with Crippen molar-refractivity contribution in [3.05, 3.63) is 102 Å². The molecular formula is C23H23N3O. The van der Waals surface area contributed by atoms with Crippen LogP contribution in [0.1, 0.15) is 22.6 Å². The summed E-state index contributed by atoms with van der Waals surface area (Å²) in [6, 6.07) is 27.4. The molecule has 27 heavy (non-hydrogen) atoms. The van der Waals surface area contributed by atoms with Crippen LogP contribution >= 0.6 is 0 Å². The van der Waals surface area contributed by atoms with Crippen LogP contribution in [-0.4, -0.2) is 26.2 Å². The van der Waals surface area contributed by atoms with Gasteiger partial charge in [-0.05, 0) is 28.8 Å². The average Bonchev–Trinajstić information content (AvgIpc) is 2.70. The van der Waals surface area contributed by atoms with E-state index >= 15 is 0 Å². The second kappa shape index (κ2) is 8.81. The van der Waals surface area contributed by atoms with Crippen molar-refractivity contribution in [3.8, 4) is 0 Å². The van der Waals surface area contributed by atoms with Gasteiger partial charge in [-0.1, -0.05) is 72.8 Å². The van der Waals surface area contributed by atoms with E-state index in [0.29, 0.717) is 0 Å². The number of nitrogens with one attached hydrogen (secondary N) is 1. The molecule has 0 spiro atoms. The molecule has 0 saturated carbocycles. The second-order valence-electron chi connectivity index (χ2n) is 6.47. The normalized spacial score (nSPS) is 10.9. The summed E-state index contributed by atoms with van der Waals surface area (Å²) in [6.07, 6.45) is 1.66. The second-order valence-corrected chi connectivity index (χ2v) is 6.47. The molecule has 0 atom stereocenters. The Morgan fingerprint density at radius 2 is 1.37 bits per heavy atom. The zero-order valence-electron chi connectivity index (χ0n) is 15.5. The molecule has 0 unspecified atom stereocenters. The average molecular weight is 357 g/mol. The third-order valence-electron chi connectivity index (χ3n) is 4.33. The standard InChI is InChI=1S/C23H23N3O/c1-26(2)21-15-13-18(14-16-21)17-24-25-23(27)22(19-9-5-3-6-10-19)20-11-7-4-8-12-20/h3-17,22H,1-2H3,(H,25,27)/b24-17-. The van der Waals surface area contributed by atoms with Crippen LogP contribution in [0.2, 0.25) is 0 Å². The van der Waals surface area contributed by atoms with Gasteiger partial charge in [-0.25, -0.2) is 5.43 Å². The van der Waals surface area contributed by atoms with Crippen molar-refractivity contribution in [1.82, 2.24) is 5.43 Å². The number of amides is 1. The molecule has 1 amide bonds. The number of anilines is 1. The summed E-state index contributed by atoms with van der Waals surface area (Å²) in [4.78, 5) is 14.9. The SMILES string of the molecule is CN(C)c1ccc(/C=N\NC(=O)C(c2ccccc2)c2ccccc2)cc1. The number of benzene rings is 3. The maximum Gasteiger partial charge on any atom is 0.252 e. The number of carbonyl (C=O) groups is 1. The summed E-state index contributed by atoms with van der Waals surface area (Å²) in [5.74, 6) is -0.561. The van der Waals surface area contributed by atoms with Crippen molar-refractivity contribution in [2.24, 2.45) is 5.10 Å². The van der Waals surface area contributed by atoms with Gasteiger partial charge in [0.1, 0.15) is 0 Å². The van der Waals surface area contributed by atoms with Crippen LogP contribution in [0.15, 0.2) is 90.0 Å². The molecule has 0 fully saturated rings. The van der Waals surface area contributed by atoms with Gasteiger partial charge in [0, 0.05) is 19.8 Å². The van der Waals surface area contributed by atoms with E-state index in [4.69, 9.17) is 0 Å². The topological polar surface area (TPSA) is 44.7 Å². The van der Waals surface area contributed by atoms with Crippen LogP contribution in [0.25, 0.3) is 0 Å². The van der Waals surface area contributed by atoms with Gasteiger partial charge in [0.05, 0.1) is 12.1 Å². The van der Waals surface area contributed by atoms with Gasteiger partial charge in [-0.2, -0.15) is 5.10 Å². The molecule has 0 aromatic heterocycles. The number of nitrogens with zero attached hydrogens (tertiary/aromatic N) is 2. The minimum atomic E-state index is -0.402. The Balaban J connectivity index is 1.75. The third-order valence-corrected chi connectivity index (χ3v) is 4.33. The van der Waals surface area contributed by atoms with E-state index in [0.717, 1.165) is 22.4 Å². The smallest absolute Gasteiger partial charge is 0.252 e. The van der Waals surface area contributed by atoms with Crippen LogP contribution in [-0.2, 0) is 4.79 Å². The first-order valence-corrected chi connectivity index (χ1v) is 8.85. The maximum absolute atomic E-state index is 12.8. The van der Waals surface area contributed by atoms with Crippen LogP contribution in [0.3, 0.4) is 0 Å². The Morgan fingerprint density at radius 1 is 0.852 bits per heavy atom. The highest BCUT2D eigenvalue weighted by Crippen LogP contribution is 2.24. The van der Waals surface area contributed by atoms with Crippen molar-refractivity contribution >= 4 is 17.8 Å². The maximum atomic E-state index is 12.8. The van der Waals surface area contributed by atoms with E-state index in [9.17, 15) is 4.79 Å². The lowest BCUT2D eigenvalue weighted by Gasteiger charge is -2.16. The molecule has 0 aliphatic rings. The molecule has 0 aliphatic heterocycles. The summed E-state index contributed by atoms with van der Waals surface area (Å²) in [7, 11) is 3.99. The summed E-state index contributed by atoms with van der Waals surface area (Å²) >= 11 is 0. The van der Waals surface area contributed by atoms with Gasteiger partial charge in [-0.3, -0.25) is 4.79 Å². The quantitative estimate of drug-likeness (QED) is 0.535. The molecule has 3 aromatic rings. The fourth-order valence-corrected chi connectivity index (χ4v) is 2.88. The lowest BCUT2D eigenvalue weighted by molar-refractivity contribution is -0.121. The molecule has 3 rings (SSSR count). The van der Waals surface area contributed by atoms with E-state index in [-0.39, 0.29) is 5.91 Å². The zero-order valence-corrected chi connectivity index (χ0v) is 15.5. The van der Waals surface area contributed by atoms with Crippen LogP contribution in [0, 0.1) is 0 Å². The molecular weight excluding hydrogens is 334 g/mol. The van der Waals surface area contributed by atoms with Crippen molar-refractivity contribution in [3.63, 3.8) is 0 Å². The van der Waals surface area contributed by atoms with E-state index in [1.165, 1.54) is 0 Å². The van der Waals surface area contributed by atoms with Crippen LogP contribution in [0.4, 0.5) is 5.69 Å². The molecule has 0 bridgehead atoms. The minimum Gasteiger partial charge on any atom is -0.378 e. The zero-order chi connectivity index (χ0) is 19.1. The summed E-state index contributed by atoms with van der Waals surface area (Å²) < 4.78 is 0. The fraction of sp³-hybridized carbons (Fsp3) is 0.130. The number of hydrogen-bond donors (Lipinski definition) is 1. The molecule has 0 heterocycles. The summed E-state index contributed by atoms with van der Waals surface area (Å²) in [5, 5.41) is 4.15. The van der Waals surface area contributed by atoms with Crippen LogP contribution < -0.4 is 10.3 Å². The number of hydrogen-bond acceptors (Lipinski definition) is 3. The predicted molar refractivity (Wildman–Crippen MR) is 111 cm³/mol. The monoisotopic (exact) mass is 357 g/mol. The number of carbonyl (C=O) groups excluding carboxylic acids is 1. The van der Waals surface area contributed by atoms with Gasteiger partial charge in [-0.15, -0.1) is 0 Å². The Morgan fingerprint density at radius 3 is 1.85 bits per heavy atom. The lowest BCUT2D eigenvalue weighted by Crippen LogP contribution is -2.26. The van der Waals surface area contributed by atoms with Crippen molar-refractivity contribution < 1.29 is 4.79 Å². The summed E-state index contributed by atoms with van der Waals surface area (Å²) in [6.45, 7) is 0. The van der Waals surface area contributed by atoms with Crippen molar-refractivity contribution in [2.75, 3.05) is 19.0 Å². The lowest BCUT2D eigenvalue weighted by atomic mass is 9.91. The molecule has 0 saturated heterocycles. The molecule has 136 valence electrons. The van der Waals surface area contributed by atoms with Crippen LogP contribution in [0.5, 0.6) is 0 Å². The van der Waals surface area contributed by atoms with Crippen molar-refractivity contribution in [2.45, 2.75) is 5.92 Å². The number of hydrazone groups is 1. The van der Waals surface area contributed by atoms with Gasteiger partial charge in [0.2, 0.25) is 0 Å². The van der Waals surface area contributed by atoms with Gasteiger partial charge >= 0.3 is 0 Å². The summed E-state index contributed by atoms with van der Waals surface area (Å²) in [5.41, 5.74) is 6.60. The third kappa shape index (κ3) is 4.82. The van der Waals surface area contributed by atoms with Gasteiger partial charge < -0.3 is 4.90 Å². The van der Waals surface area contributed by atoms with E-state index in [1.807, 2.05) is 104 Å². The molecule has 1 N–H and O–H groups in total. The first kappa shape index (κ1) is 18.4. The molecule has 4 nitrogen and oxygen atoms in total. The fourth-order valence-electron chi connectivity index (χ4n) is 2.88. The Bertz CT molecular complexity index is 848.